The fourth-order valence-corrected chi connectivity index (χ4v) is 5.73. The summed E-state index contributed by atoms with van der Waals surface area (Å²) in [6.45, 7) is 0.0444. The molecule has 218 valence electrons. The summed E-state index contributed by atoms with van der Waals surface area (Å²) >= 11 is 0. The third-order valence-corrected chi connectivity index (χ3v) is 7.97. The first kappa shape index (κ1) is 30.9. The summed E-state index contributed by atoms with van der Waals surface area (Å²) in [4.78, 5) is 34.9. The molecule has 0 aromatic heterocycles. The zero-order chi connectivity index (χ0) is 27.7. The van der Waals surface area contributed by atoms with E-state index in [1.54, 1.807) is 12.1 Å². The summed E-state index contributed by atoms with van der Waals surface area (Å²) in [5, 5.41) is 15.4. The molecule has 1 atom stereocenters. The number of carbonyl (C=O) groups excluding carboxylic acids is 2. The molecule has 8 nitrogen and oxygen atoms in total. The van der Waals surface area contributed by atoms with E-state index < -0.39 is 24.1 Å². The molecule has 3 N–H and O–H groups in total. The lowest BCUT2D eigenvalue weighted by molar-refractivity contribution is -0.151. The molecule has 0 spiro atoms. The highest BCUT2D eigenvalue weighted by Gasteiger charge is 2.24. The van der Waals surface area contributed by atoms with E-state index in [0.29, 0.717) is 0 Å². The maximum Gasteiger partial charge on any atom is 0.408 e. The van der Waals surface area contributed by atoms with Crippen LogP contribution in [0.5, 0.6) is 0 Å². The maximum atomic E-state index is 11.9. The first-order valence-electron chi connectivity index (χ1n) is 15.1. The molecule has 0 saturated heterocycles. The topological polar surface area (TPSA) is 114 Å². The van der Waals surface area contributed by atoms with Crippen LogP contribution in [-0.4, -0.2) is 47.4 Å². The molecule has 3 aliphatic carbocycles. The number of carboxylic acids is 1. The normalized spacial score (nSPS) is 19.7. The molecule has 0 bridgehead atoms. The Morgan fingerprint density at radius 1 is 0.795 bits per heavy atom. The number of ether oxygens (including phenoxy) is 2. The number of hydrogen-bond acceptors (Lipinski definition) is 6. The van der Waals surface area contributed by atoms with Crippen LogP contribution < -0.4 is 10.6 Å². The van der Waals surface area contributed by atoms with Gasteiger partial charge in [0.05, 0.1) is 0 Å². The van der Waals surface area contributed by atoms with E-state index in [0.717, 1.165) is 49.8 Å². The van der Waals surface area contributed by atoms with E-state index in [1.807, 2.05) is 18.2 Å². The van der Waals surface area contributed by atoms with Gasteiger partial charge < -0.3 is 25.2 Å². The van der Waals surface area contributed by atoms with Gasteiger partial charge in [-0.05, 0) is 63.4 Å². The van der Waals surface area contributed by atoms with E-state index >= 15 is 0 Å². The lowest BCUT2D eigenvalue weighted by Crippen LogP contribution is -2.41. The highest BCUT2D eigenvalue weighted by molar-refractivity contribution is 5.80. The van der Waals surface area contributed by atoms with Crippen molar-refractivity contribution in [3.8, 4) is 0 Å². The average molecular weight is 545 g/mol. The van der Waals surface area contributed by atoms with Crippen LogP contribution in [0.4, 0.5) is 4.79 Å². The van der Waals surface area contributed by atoms with Gasteiger partial charge in [0.25, 0.3) is 0 Å². The number of carbonyl (C=O) groups is 3. The quantitative estimate of drug-likeness (QED) is 0.298. The molecule has 4 rings (SSSR count). The van der Waals surface area contributed by atoms with E-state index in [4.69, 9.17) is 9.47 Å². The molecule has 3 aliphatic rings. The minimum atomic E-state index is -1.22. The van der Waals surface area contributed by atoms with Gasteiger partial charge in [0.1, 0.15) is 18.8 Å². The van der Waals surface area contributed by atoms with Gasteiger partial charge >= 0.3 is 18.0 Å². The average Bonchev–Trinajstić information content (AvgIpc) is 2.96. The van der Waals surface area contributed by atoms with Gasteiger partial charge in [-0.15, -0.1) is 0 Å². The van der Waals surface area contributed by atoms with Crippen LogP contribution in [0.25, 0.3) is 0 Å². The molecule has 1 aromatic rings. The summed E-state index contributed by atoms with van der Waals surface area (Å²) in [7, 11) is 0. The molecule has 1 aromatic carbocycles. The second-order valence-corrected chi connectivity index (χ2v) is 11.2. The number of esters is 1. The Hall–Kier alpha value is -2.61. The summed E-state index contributed by atoms with van der Waals surface area (Å²) < 4.78 is 10.4. The standard InChI is InChI=1S/C19H25NO6.C12H23N/c21-17(26-15-9-5-2-6-10-15)12-11-16(18(22)23)20-19(24)25-13-14-7-3-1-4-8-14;1-3-7-11(8-4-1)13-12-9-5-2-6-10-12/h1,3-4,7-8,15-16H,2,5-6,9-13H2,(H,20,24)(H,22,23);11-13H,1-10H2/t16-;/m0./s1. The summed E-state index contributed by atoms with van der Waals surface area (Å²) in [5.74, 6) is -1.64. The molecule has 3 fully saturated rings. The number of benzene rings is 1. The Bertz CT molecular complexity index is 830. The van der Waals surface area contributed by atoms with Crippen molar-refractivity contribution in [1.82, 2.24) is 10.6 Å². The zero-order valence-corrected chi connectivity index (χ0v) is 23.4. The van der Waals surface area contributed by atoms with Crippen molar-refractivity contribution in [2.45, 2.75) is 140 Å². The predicted molar refractivity (Wildman–Crippen MR) is 150 cm³/mol. The molecular formula is C31H48N2O6. The molecule has 0 radical (unpaired) electrons. The van der Waals surface area contributed by atoms with Gasteiger partial charge in [-0.25, -0.2) is 9.59 Å². The Balaban J connectivity index is 0.000000268. The van der Waals surface area contributed by atoms with E-state index in [1.165, 1.54) is 64.2 Å². The molecular weight excluding hydrogens is 496 g/mol. The fraction of sp³-hybridized carbons (Fsp3) is 0.710. The van der Waals surface area contributed by atoms with Crippen LogP contribution in [0.2, 0.25) is 0 Å². The maximum absolute atomic E-state index is 11.9. The van der Waals surface area contributed by atoms with Gasteiger partial charge in [-0.2, -0.15) is 0 Å². The Kier molecular flexibility index (Phi) is 14.2. The van der Waals surface area contributed by atoms with Crippen molar-refractivity contribution in [2.75, 3.05) is 0 Å². The lowest BCUT2D eigenvalue weighted by atomic mass is 9.91. The highest BCUT2D eigenvalue weighted by Crippen LogP contribution is 2.23. The molecule has 0 heterocycles. The van der Waals surface area contributed by atoms with Gasteiger partial charge in [0.2, 0.25) is 0 Å². The van der Waals surface area contributed by atoms with Crippen LogP contribution in [0.1, 0.15) is 115 Å². The van der Waals surface area contributed by atoms with Crippen LogP contribution in [0, 0.1) is 0 Å². The third-order valence-electron chi connectivity index (χ3n) is 7.97. The Labute approximate surface area is 233 Å². The summed E-state index contributed by atoms with van der Waals surface area (Å²) in [5.41, 5.74) is 0.797. The number of rotatable bonds is 10. The van der Waals surface area contributed by atoms with Crippen LogP contribution in [0.15, 0.2) is 30.3 Å². The summed E-state index contributed by atoms with van der Waals surface area (Å²) in [6, 6.07) is 9.61. The van der Waals surface area contributed by atoms with Crippen molar-refractivity contribution in [1.29, 1.82) is 0 Å². The predicted octanol–water partition coefficient (Wildman–Crippen LogP) is 6.26. The van der Waals surface area contributed by atoms with Crippen LogP contribution >= 0.6 is 0 Å². The van der Waals surface area contributed by atoms with Crippen molar-refractivity contribution >= 4 is 18.0 Å². The lowest BCUT2D eigenvalue weighted by Gasteiger charge is -2.30. The summed E-state index contributed by atoms with van der Waals surface area (Å²) in [6.07, 6.45) is 18.5. The first-order chi connectivity index (χ1) is 19.0. The van der Waals surface area contributed by atoms with Crippen molar-refractivity contribution in [3.05, 3.63) is 35.9 Å². The van der Waals surface area contributed by atoms with Crippen LogP contribution in [0.3, 0.4) is 0 Å². The van der Waals surface area contributed by atoms with Gasteiger partial charge in [0.15, 0.2) is 0 Å². The Morgan fingerprint density at radius 3 is 1.87 bits per heavy atom. The minimum absolute atomic E-state index is 0.0404. The van der Waals surface area contributed by atoms with E-state index in [-0.39, 0.29) is 25.6 Å². The molecule has 1 amide bonds. The van der Waals surface area contributed by atoms with Gasteiger partial charge in [0, 0.05) is 18.5 Å². The second-order valence-electron chi connectivity index (χ2n) is 11.2. The Morgan fingerprint density at radius 2 is 1.33 bits per heavy atom. The third kappa shape index (κ3) is 12.9. The van der Waals surface area contributed by atoms with Crippen molar-refractivity contribution in [2.24, 2.45) is 0 Å². The molecule has 3 saturated carbocycles. The number of nitrogens with one attached hydrogen (secondary N) is 2. The van der Waals surface area contributed by atoms with Gasteiger partial charge in [-0.3, -0.25) is 4.79 Å². The molecule has 8 heteroatoms. The van der Waals surface area contributed by atoms with Crippen molar-refractivity contribution < 1.29 is 29.0 Å². The van der Waals surface area contributed by atoms with Gasteiger partial charge in [-0.1, -0.05) is 75.3 Å². The number of alkyl carbamates (subject to hydrolysis) is 1. The largest absolute Gasteiger partial charge is 0.480 e. The van der Waals surface area contributed by atoms with Crippen molar-refractivity contribution in [3.63, 3.8) is 0 Å². The number of carboxylic acid groups (broad SMARTS) is 1. The molecule has 39 heavy (non-hydrogen) atoms. The van der Waals surface area contributed by atoms with E-state index in [2.05, 4.69) is 10.6 Å². The molecule has 0 unspecified atom stereocenters. The first-order valence-corrected chi connectivity index (χ1v) is 15.1. The number of aliphatic carboxylic acids is 1. The highest BCUT2D eigenvalue weighted by atomic mass is 16.6. The monoisotopic (exact) mass is 544 g/mol. The second kappa shape index (κ2) is 17.9. The number of hydrogen-bond donors (Lipinski definition) is 3. The number of amides is 1. The zero-order valence-electron chi connectivity index (χ0n) is 23.4. The molecule has 0 aliphatic heterocycles. The smallest absolute Gasteiger partial charge is 0.408 e. The van der Waals surface area contributed by atoms with Crippen LogP contribution in [-0.2, 0) is 25.7 Å². The fourth-order valence-electron chi connectivity index (χ4n) is 5.73. The van der Waals surface area contributed by atoms with E-state index in [9.17, 15) is 19.5 Å². The SMILES string of the molecule is C1CCC(NC2CCCCC2)CC1.O=C(CC[C@H](NC(=O)OCc1ccccc1)C(=O)O)OC1CCCCC1. The minimum Gasteiger partial charge on any atom is -0.480 e.